The number of aliphatic imine (C=N–C) groups is 1. The Hall–Kier alpha value is -2.10. The van der Waals surface area contributed by atoms with Gasteiger partial charge in [0.25, 0.3) is 0 Å². The topological polar surface area (TPSA) is 74.6 Å². The number of imidazole rings is 1. The Morgan fingerprint density at radius 3 is 2.69 bits per heavy atom. The predicted molar refractivity (Wildman–Crippen MR) is 128 cm³/mol. The van der Waals surface area contributed by atoms with Crippen molar-refractivity contribution in [3.63, 3.8) is 0 Å². The summed E-state index contributed by atoms with van der Waals surface area (Å²) in [7, 11) is 1.84. The van der Waals surface area contributed by atoms with Gasteiger partial charge in [-0.3, -0.25) is 9.79 Å². The Morgan fingerprint density at radius 2 is 2.07 bits per heavy atom. The lowest BCUT2D eigenvalue weighted by molar-refractivity contribution is -0.114. The molecule has 0 radical (unpaired) electrons. The van der Waals surface area contributed by atoms with Gasteiger partial charge >= 0.3 is 0 Å². The van der Waals surface area contributed by atoms with Crippen molar-refractivity contribution >= 4 is 41.5 Å². The van der Waals surface area contributed by atoms with E-state index >= 15 is 0 Å². The van der Waals surface area contributed by atoms with Gasteiger partial charge in [0.2, 0.25) is 5.91 Å². The first kappa shape index (κ1) is 23.2. The van der Waals surface area contributed by atoms with Crippen LogP contribution in [0, 0.1) is 5.92 Å². The second-order valence-electron chi connectivity index (χ2n) is 7.39. The number of hydrogen-bond acceptors (Lipinski definition) is 3. The van der Waals surface area contributed by atoms with Gasteiger partial charge in [0.1, 0.15) is 0 Å². The van der Waals surface area contributed by atoms with E-state index in [1.807, 2.05) is 50.0 Å². The van der Waals surface area contributed by atoms with Crippen LogP contribution in [-0.2, 0) is 11.2 Å². The average molecular weight is 510 g/mol. The van der Waals surface area contributed by atoms with E-state index in [4.69, 9.17) is 0 Å². The Balaban J connectivity index is 0.00000300. The summed E-state index contributed by atoms with van der Waals surface area (Å²) in [6.45, 7) is 6.58. The molecule has 1 aromatic heterocycles. The number of likely N-dealkylation sites (tertiary alicyclic amines) is 1. The van der Waals surface area contributed by atoms with Crippen LogP contribution in [0.2, 0.25) is 0 Å². The van der Waals surface area contributed by atoms with Gasteiger partial charge in [-0.25, -0.2) is 4.98 Å². The summed E-state index contributed by atoms with van der Waals surface area (Å²) in [4.78, 5) is 22.1. The highest BCUT2D eigenvalue weighted by Crippen LogP contribution is 2.27. The number of carbonyl (C=O) groups is 1. The summed E-state index contributed by atoms with van der Waals surface area (Å²) in [5.74, 6) is 1.51. The summed E-state index contributed by atoms with van der Waals surface area (Å²) in [6.07, 6.45) is 7.83. The van der Waals surface area contributed by atoms with Gasteiger partial charge in [-0.2, -0.15) is 0 Å². The van der Waals surface area contributed by atoms with E-state index in [0.29, 0.717) is 12.0 Å². The summed E-state index contributed by atoms with van der Waals surface area (Å²) in [6, 6.07) is 8.39. The van der Waals surface area contributed by atoms with Crippen LogP contribution < -0.4 is 10.6 Å². The lowest BCUT2D eigenvalue weighted by atomic mass is 9.93. The molecule has 1 fully saturated rings. The first-order valence-electron chi connectivity index (χ1n) is 9.86. The quantitative estimate of drug-likeness (QED) is 0.368. The molecule has 8 heteroatoms. The van der Waals surface area contributed by atoms with Crippen molar-refractivity contribution < 1.29 is 4.79 Å². The van der Waals surface area contributed by atoms with E-state index in [0.717, 1.165) is 44.1 Å². The van der Waals surface area contributed by atoms with Crippen molar-refractivity contribution in [2.45, 2.75) is 32.7 Å². The zero-order chi connectivity index (χ0) is 19.9. The molecule has 0 spiro atoms. The fourth-order valence-electron chi connectivity index (χ4n) is 3.70. The van der Waals surface area contributed by atoms with Gasteiger partial charge < -0.3 is 20.1 Å². The molecule has 7 nitrogen and oxygen atoms in total. The zero-order valence-electron chi connectivity index (χ0n) is 17.3. The molecule has 0 saturated carbocycles. The second-order valence-corrected chi connectivity index (χ2v) is 7.39. The maximum absolute atomic E-state index is 11.1. The lowest BCUT2D eigenvalue weighted by Gasteiger charge is -2.39. The Labute approximate surface area is 190 Å². The van der Waals surface area contributed by atoms with Crippen LogP contribution in [0.5, 0.6) is 0 Å². The van der Waals surface area contributed by atoms with Crippen molar-refractivity contribution in [3.8, 4) is 0 Å². The number of carbonyl (C=O) groups excluding carboxylic acids is 1. The summed E-state index contributed by atoms with van der Waals surface area (Å²) in [5.41, 5.74) is 2.05. The number of anilines is 1. The highest BCUT2D eigenvalue weighted by Gasteiger charge is 2.28. The predicted octanol–water partition coefficient (Wildman–Crippen LogP) is 3.16. The minimum Gasteiger partial charge on any atom is -0.356 e. The number of halogens is 1. The first-order valence-corrected chi connectivity index (χ1v) is 9.86. The normalized spacial score (nSPS) is 19.4. The van der Waals surface area contributed by atoms with Crippen LogP contribution in [0.3, 0.4) is 0 Å². The van der Waals surface area contributed by atoms with Gasteiger partial charge in [-0.1, -0.05) is 19.1 Å². The molecular weight excluding hydrogens is 479 g/mol. The maximum Gasteiger partial charge on any atom is 0.221 e. The Kier molecular flexibility index (Phi) is 8.94. The first-order chi connectivity index (χ1) is 13.6. The third-order valence-electron chi connectivity index (χ3n) is 5.31. The summed E-state index contributed by atoms with van der Waals surface area (Å²) >= 11 is 0. The Bertz CT molecular complexity index is 790. The smallest absolute Gasteiger partial charge is 0.221 e. The van der Waals surface area contributed by atoms with Crippen molar-refractivity contribution in [3.05, 3.63) is 48.5 Å². The number of guanidine groups is 1. The molecule has 2 aromatic rings. The van der Waals surface area contributed by atoms with Crippen LogP contribution in [-0.4, -0.2) is 53.0 Å². The van der Waals surface area contributed by atoms with Crippen LogP contribution >= 0.6 is 24.0 Å². The van der Waals surface area contributed by atoms with E-state index in [1.54, 1.807) is 0 Å². The SMILES string of the molecule is CN=C(NCCc1ccc(NC(C)=O)cc1)N1CCC(C)C(n2ccnc2)C1.I. The minimum atomic E-state index is -0.0527. The van der Waals surface area contributed by atoms with Crippen molar-refractivity contribution in [1.29, 1.82) is 0 Å². The maximum atomic E-state index is 11.1. The highest BCUT2D eigenvalue weighted by atomic mass is 127. The molecule has 2 atom stereocenters. The monoisotopic (exact) mass is 510 g/mol. The minimum absolute atomic E-state index is 0. The number of amides is 1. The third-order valence-corrected chi connectivity index (χ3v) is 5.31. The fourth-order valence-corrected chi connectivity index (χ4v) is 3.70. The van der Waals surface area contributed by atoms with Gasteiger partial charge in [-0.05, 0) is 36.5 Å². The molecule has 2 N–H and O–H groups in total. The van der Waals surface area contributed by atoms with Crippen LogP contribution in [0.15, 0.2) is 48.0 Å². The molecule has 2 unspecified atom stereocenters. The number of aromatic nitrogens is 2. The number of rotatable bonds is 5. The highest BCUT2D eigenvalue weighted by molar-refractivity contribution is 14.0. The summed E-state index contributed by atoms with van der Waals surface area (Å²) < 4.78 is 2.21. The molecule has 3 rings (SSSR count). The summed E-state index contributed by atoms with van der Waals surface area (Å²) in [5, 5.41) is 6.29. The molecule has 29 heavy (non-hydrogen) atoms. The van der Waals surface area contributed by atoms with Crippen LogP contribution in [0.1, 0.15) is 31.9 Å². The molecule has 1 amide bonds. The van der Waals surface area contributed by atoms with E-state index < -0.39 is 0 Å². The van der Waals surface area contributed by atoms with Crippen molar-refractivity contribution in [2.24, 2.45) is 10.9 Å². The second kappa shape index (κ2) is 11.2. The zero-order valence-corrected chi connectivity index (χ0v) is 19.7. The number of nitrogens with zero attached hydrogens (tertiary/aromatic N) is 4. The van der Waals surface area contributed by atoms with Gasteiger partial charge in [0, 0.05) is 51.7 Å². The molecule has 0 aliphatic carbocycles. The van der Waals surface area contributed by atoms with Gasteiger partial charge in [0.05, 0.1) is 12.4 Å². The molecule has 0 bridgehead atoms. The van der Waals surface area contributed by atoms with E-state index in [-0.39, 0.29) is 29.9 Å². The van der Waals surface area contributed by atoms with Gasteiger partial charge in [-0.15, -0.1) is 24.0 Å². The van der Waals surface area contributed by atoms with Crippen molar-refractivity contribution in [2.75, 3.05) is 32.0 Å². The molecule has 1 aromatic carbocycles. The molecule has 1 aliphatic rings. The van der Waals surface area contributed by atoms with E-state index in [9.17, 15) is 4.79 Å². The average Bonchev–Trinajstić information content (AvgIpc) is 3.21. The van der Waals surface area contributed by atoms with Crippen LogP contribution in [0.4, 0.5) is 5.69 Å². The number of nitrogens with one attached hydrogen (secondary N) is 2. The number of hydrogen-bond donors (Lipinski definition) is 2. The van der Waals surface area contributed by atoms with Crippen LogP contribution in [0.25, 0.3) is 0 Å². The largest absolute Gasteiger partial charge is 0.356 e. The molecule has 1 aliphatic heterocycles. The molecular formula is C21H31IN6O. The number of piperidine rings is 1. The number of benzene rings is 1. The Morgan fingerprint density at radius 1 is 1.31 bits per heavy atom. The fraction of sp³-hybridized carbons (Fsp3) is 0.476. The third kappa shape index (κ3) is 6.45. The standard InChI is InChI=1S/C21H30N6O.HI/c1-16-9-12-26(14-20(16)27-13-11-23-15-27)21(22-3)24-10-8-18-4-6-19(7-5-18)25-17(2)28;/h4-7,11,13,15-16,20H,8-10,12,14H2,1-3H3,(H,22,24)(H,25,28);1H. The molecule has 1 saturated heterocycles. The van der Waals surface area contributed by atoms with Crippen molar-refractivity contribution in [1.82, 2.24) is 19.8 Å². The van der Waals surface area contributed by atoms with E-state index in [1.165, 1.54) is 12.5 Å². The molecule has 158 valence electrons. The lowest BCUT2D eigenvalue weighted by Crippen LogP contribution is -2.49. The van der Waals surface area contributed by atoms with Gasteiger partial charge in [0.15, 0.2) is 5.96 Å². The molecule has 2 heterocycles. The van der Waals surface area contributed by atoms with E-state index in [2.05, 4.69) is 37.0 Å².